The van der Waals surface area contributed by atoms with Crippen LogP contribution in [0.25, 0.3) is 11.1 Å². The molecule has 3 aromatic rings. The molecule has 172 valence electrons. The molecule has 1 aliphatic rings. The molecule has 0 saturated carbocycles. The number of hydrogen-bond donors (Lipinski definition) is 1. The minimum atomic E-state index is -1.08. The molecule has 6 heteroatoms. The number of methoxy groups -OCH3 is 2. The van der Waals surface area contributed by atoms with E-state index in [-0.39, 0.29) is 12.7 Å². The first kappa shape index (κ1) is 22.7. The molecule has 0 unspecified atom stereocenters. The van der Waals surface area contributed by atoms with Gasteiger partial charge in [-0.05, 0) is 41.7 Å². The Bertz CT molecular complexity index is 1070. The van der Waals surface area contributed by atoms with E-state index in [1.165, 1.54) is 0 Å². The largest absolute Gasteiger partial charge is 0.496 e. The fourth-order valence-electron chi connectivity index (χ4n) is 4.36. The van der Waals surface area contributed by atoms with Crippen molar-refractivity contribution in [3.8, 4) is 22.6 Å². The van der Waals surface area contributed by atoms with Crippen LogP contribution in [0, 0.1) is 0 Å². The zero-order chi connectivity index (χ0) is 23.3. The maximum atomic E-state index is 12.6. The van der Waals surface area contributed by atoms with Gasteiger partial charge in [0, 0.05) is 13.1 Å². The van der Waals surface area contributed by atoms with Gasteiger partial charge in [0.25, 0.3) is 0 Å². The summed E-state index contributed by atoms with van der Waals surface area (Å²) in [5.41, 5.74) is 2.31. The molecule has 1 aliphatic heterocycles. The molecule has 1 amide bonds. The molecule has 3 aromatic carbocycles. The third-order valence-electron chi connectivity index (χ3n) is 6.18. The Labute approximate surface area is 194 Å². The number of benzene rings is 3. The molecule has 0 radical (unpaired) electrons. The quantitative estimate of drug-likeness (QED) is 0.577. The van der Waals surface area contributed by atoms with Crippen LogP contribution in [0.2, 0.25) is 0 Å². The Hall–Kier alpha value is -3.51. The number of rotatable bonds is 6. The molecule has 0 atom stereocenters. The molecular formula is C27H29NO5. The number of nitrogens with zero attached hydrogens (tertiary/aromatic N) is 1. The number of carbonyl (C=O) groups is 1. The summed E-state index contributed by atoms with van der Waals surface area (Å²) in [5, 5.41) is 11.7. The van der Waals surface area contributed by atoms with E-state index < -0.39 is 5.60 Å². The van der Waals surface area contributed by atoms with Crippen molar-refractivity contribution in [1.82, 2.24) is 4.90 Å². The van der Waals surface area contributed by atoms with Gasteiger partial charge in [0.05, 0.1) is 25.4 Å². The van der Waals surface area contributed by atoms with Gasteiger partial charge in [-0.1, -0.05) is 60.7 Å². The highest BCUT2D eigenvalue weighted by Crippen LogP contribution is 2.45. The van der Waals surface area contributed by atoms with Crippen LogP contribution in [0.5, 0.6) is 11.5 Å². The molecule has 0 aromatic heterocycles. The topological polar surface area (TPSA) is 68.2 Å². The van der Waals surface area contributed by atoms with Crippen LogP contribution in [0.3, 0.4) is 0 Å². The second-order valence-corrected chi connectivity index (χ2v) is 8.14. The number of aliphatic hydroxyl groups is 1. The average molecular weight is 448 g/mol. The van der Waals surface area contributed by atoms with Crippen LogP contribution in [0.4, 0.5) is 4.79 Å². The number of carbonyl (C=O) groups excluding carboxylic acids is 1. The van der Waals surface area contributed by atoms with Crippen LogP contribution in [0.1, 0.15) is 24.0 Å². The SMILES string of the molecule is COc1cccc(OC)c1-c1ccccc1C1(O)CCN(C(=O)OCc2ccccc2)CC1. The molecule has 1 N–H and O–H groups in total. The Balaban J connectivity index is 1.52. The van der Waals surface area contributed by atoms with Crippen LogP contribution in [-0.4, -0.2) is 43.4 Å². The fraction of sp³-hybridized carbons (Fsp3) is 0.296. The summed E-state index contributed by atoms with van der Waals surface area (Å²) in [4.78, 5) is 14.2. The number of hydrogen-bond acceptors (Lipinski definition) is 5. The van der Waals surface area contributed by atoms with Crippen molar-refractivity contribution in [2.45, 2.75) is 25.0 Å². The lowest BCUT2D eigenvalue weighted by Crippen LogP contribution is -2.45. The van der Waals surface area contributed by atoms with Gasteiger partial charge in [-0.15, -0.1) is 0 Å². The van der Waals surface area contributed by atoms with Gasteiger partial charge in [0.1, 0.15) is 18.1 Å². The van der Waals surface area contributed by atoms with E-state index in [1.807, 2.05) is 72.8 Å². The summed E-state index contributed by atoms with van der Waals surface area (Å²) >= 11 is 0. The zero-order valence-corrected chi connectivity index (χ0v) is 19.0. The lowest BCUT2D eigenvalue weighted by atomic mass is 9.80. The summed E-state index contributed by atoms with van der Waals surface area (Å²) in [5.74, 6) is 1.35. The highest BCUT2D eigenvalue weighted by Gasteiger charge is 2.38. The highest BCUT2D eigenvalue weighted by molar-refractivity contribution is 5.80. The van der Waals surface area contributed by atoms with Crippen LogP contribution < -0.4 is 9.47 Å². The van der Waals surface area contributed by atoms with E-state index in [2.05, 4.69) is 0 Å². The molecule has 4 rings (SSSR count). The van der Waals surface area contributed by atoms with Gasteiger partial charge in [0.15, 0.2) is 0 Å². The molecule has 0 aliphatic carbocycles. The lowest BCUT2D eigenvalue weighted by Gasteiger charge is -2.39. The van der Waals surface area contributed by atoms with Crippen molar-refractivity contribution >= 4 is 6.09 Å². The maximum Gasteiger partial charge on any atom is 0.410 e. The monoisotopic (exact) mass is 447 g/mol. The average Bonchev–Trinajstić information content (AvgIpc) is 2.87. The zero-order valence-electron chi connectivity index (χ0n) is 19.0. The molecular weight excluding hydrogens is 418 g/mol. The van der Waals surface area contributed by atoms with Crippen molar-refractivity contribution in [3.05, 3.63) is 83.9 Å². The Morgan fingerprint density at radius 2 is 1.48 bits per heavy atom. The molecule has 1 saturated heterocycles. The first-order chi connectivity index (χ1) is 16.1. The van der Waals surface area contributed by atoms with Crippen molar-refractivity contribution < 1.29 is 24.1 Å². The molecule has 0 bridgehead atoms. The molecule has 6 nitrogen and oxygen atoms in total. The van der Waals surface area contributed by atoms with Gasteiger partial charge < -0.3 is 24.2 Å². The fourth-order valence-corrected chi connectivity index (χ4v) is 4.36. The van der Waals surface area contributed by atoms with E-state index in [4.69, 9.17) is 14.2 Å². The number of piperidine rings is 1. The van der Waals surface area contributed by atoms with Crippen molar-refractivity contribution in [3.63, 3.8) is 0 Å². The second-order valence-electron chi connectivity index (χ2n) is 8.14. The Morgan fingerprint density at radius 3 is 2.12 bits per heavy atom. The predicted octanol–water partition coefficient (Wildman–Crippen LogP) is 4.99. The predicted molar refractivity (Wildman–Crippen MR) is 126 cm³/mol. The minimum Gasteiger partial charge on any atom is -0.496 e. The van der Waals surface area contributed by atoms with Gasteiger partial charge >= 0.3 is 6.09 Å². The summed E-state index contributed by atoms with van der Waals surface area (Å²) < 4.78 is 16.7. The van der Waals surface area contributed by atoms with Crippen molar-refractivity contribution in [1.29, 1.82) is 0 Å². The van der Waals surface area contributed by atoms with Crippen LogP contribution in [0.15, 0.2) is 72.8 Å². The van der Waals surface area contributed by atoms with E-state index >= 15 is 0 Å². The van der Waals surface area contributed by atoms with Crippen molar-refractivity contribution in [2.75, 3.05) is 27.3 Å². The minimum absolute atomic E-state index is 0.233. The van der Waals surface area contributed by atoms with Crippen molar-refractivity contribution in [2.24, 2.45) is 0 Å². The molecule has 1 fully saturated rings. The van der Waals surface area contributed by atoms with Gasteiger partial charge in [0.2, 0.25) is 0 Å². The molecule has 0 spiro atoms. The standard InChI is InChI=1S/C27H29NO5/c1-31-23-13-8-14-24(32-2)25(23)21-11-6-7-12-22(21)27(30)15-17-28(18-16-27)26(29)33-19-20-9-4-3-5-10-20/h3-14,30H,15-19H2,1-2H3. The van der Waals surface area contributed by atoms with E-state index in [0.29, 0.717) is 37.4 Å². The van der Waals surface area contributed by atoms with E-state index in [0.717, 1.165) is 22.3 Å². The first-order valence-electron chi connectivity index (χ1n) is 11.0. The molecule has 33 heavy (non-hydrogen) atoms. The number of ether oxygens (including phenoxy) is 3. The Morgan fingerprint density at radius 1 is 0.879 bits per heavy atom. The normalized spacial score (nSPS) is 15.1. The summed E-state index contributed by atoms with van der Waals surface area (Å²) in [6.45, 7) is 1.04. The smallest absolute Gasteiger partial charge is 0.410 e. The number of amides is 1. The summed E-state index contributed by atoms with van der Waals surface area (Å²) in [6.07, 6.45) is 0.449. The third kappa shape index (κ3) is 4.81. The van der Waals surface area contributed by atoms with Crippen LogP contribution in [-0.2, 0) is 16.9 Å². The highest BCUT2D eigenvalue weighted by atomic mass is 16.6. The third-order valence-corrected chi connectivity index (χ3v) is 6.18. The first-order valence-corrected chi connectivity index (χ1v) is 11.0. The molecule has 1 heterocycles. The summed E-state index contributed by atoms with van der Waals surface area (Å²) in [6, 6.07) is 23.0. The van der Waals surface area contributed by atoms with Gasteiger partial charge in [-0.3, -0.25) is 0 Å². The van der Waals surface area contributed by atoms with E-state index in [1.54, 1.807) is 19.1 Å². The van der Waals surface area contributed by atoms with Crippen LogP contribution >= 0.6 is 0 Å². The Kier molecular flexibility index (Phi) is 6.84. The lowest BCUT2D eigenvalue weighted by molar-refractivity contribution is -0.0251. The van der Waals surface area contributed by atoms with Gasteiger partial charge in [-0.2, -0.15) is 0 Å². The van der Waals surface area contributed by atoms with E-state index in [9.17, 15) is 9.90 Å². The number of likely N-dealkylation sites (tertiary alicyclic amines) is 1. The summed E-state index contributed by atoms with van der Waals surface area (Å²) in [7, 11) is 3.24. The maximum absolute atomic E-state index is 12.6. The van der Waals surface area contributed by atoms with Gasteiger partial charge in [-0.25, -0.2) is 4.79 Å². The second kappa shape index (κ2) is 9.96.